The van der Waals surface area contributed by atoms with Crippen LogP contribution in [0.5, 0.6) is 0 Å². The fourth-order valence-corrected chi connectivity index (χ4v) is 2.88. The maximum atomic E-state index is 4.45. The Bertz CT molecular complexity index is 552. The molecule has 2 aromatic rings. The zero-order valence-corrected chi connectivity index (χ0v) is 11.2. The molecule has 0 fully saturated rings. The van der Waals surface area contributed by atoms with Crippen molar-refractivity contribution in [1.29, 1.82) is 0 Å². The molecule has 0 radical (unpaired) electrons. The maximum Gasteiger partial charge on any atom is 0.111 e. The van der Waals surface area contributed by atoms with E-state index in [2.05, 4.69) is 47.8 Å². The molecular weight excluding hydrogens is 220 g/mol. The highest BCUT2D eigenvalue weighted by molar-refractivity contribution is 5.35. The lowest BCUT2D eigenvalue weighted by Crippen LogP contribution is -2.06. The molecular formula is C16H20N2. The SMILES string of the molecule is CC(C)c1nccn1Cc1ccc2c(c1)CCC2. The molecule has 1 aromatic carbocycles. The van der Waals surface area contributed by atoms with Gasteiger partial charge in [-0.05, 0) is 36.0 Å². The second-order valence-corrected chi connectivity index (χ2v) is 5.52. The summed E-state index contributed by atoms with van der Waals surface area (Å²) in [5.41, 5.74) is 4.50. The molecule has 0 unspecified atom stereocenters. The number of aryl methyl sites for hydroxylation is 2. The number of imidazole rings is 1. The van der Waals surface area contributed by atoms with Crippen molar-refractivity contribution in [2.24, 2.45) is 0 Å². The Morgan fingerprint density at radius 3 is 2.89 bits per heavy atom. The summed E-state index contributed by atoms with van der Waals surface area (Å²) in [7, 11) is 0. The quantitative estimate of drug-likeness (QED) is 0.802. The first-order valence-corrected chi connectivity index (χ1v) is 6.86. The minimum atomic E-state index is 0.481. The Morgan fingerprint density at radius 1 is 1.22 bits per heavy atom. The highest BCUT2D eigenvalue weighted by Crippen LogP contribution is 2.23. The van der Waals surface area contributed by atoms with E-state index >= 15 is 0 Å². The molecule has 3 rings (SSSR count). The van der Waals surface area contributed by atoms with Crippen LogP contribution in [0.15, 0.2) is 30.6 Å². The van der Waals surface area contributed by atoms with E-state index < -0.39 is 0 Å². The molecule has 2 nitrogen and oxygen atoms in total. The third kappa shape index (κ3) is 2.07. The Hall–Kier alpha value is -1.57. The zero-order chi connectivity index (χ0) is 12.5. The lowest BCUT2D eigenvalue weighted by Gasteiger charge is -2.11. The smallest absolute Gasteiger partial charge is 0.111 e. The molecule has 0 amide bonds. The summed E-state index contributed by atoms with van der Waals surface area (Å²) in [6, 6.07) is 6.96. The fraction of sp³-hybridized carbons (Fsp3) is 0.438. The Labute approximate surface area is 109 Å². The van der Waals surface area contributed by atoms with E-state index in [-0.39, 0.29) is 0 Å². The van der Waals surface area contributed by atoms with Crippen molar-refractivity contribution in [3.05, 3.63) is 53.1 Å². The topological polar surface area (TPSA) is 17.8 Å². The summed E-state index contributed by atoms with van der Waals surface area (Å²) in [5.74, 6) is 1.66. The van der Waals surface area contributed by atoms with Gasteiger partial charge >= 0.3 is 0 Å². The number of aromatic nitrogens is 2. The van der Waals surface area contributed by atoms with Crippen molar-refractivity contribution in [3.63, 3.8) is 0 Å². The van der Waals surface area contributed by atoms with Gasteiger partial charge in [-0.1, -0.05) is 32.0 Å². The summed E-state index contributed by atoms with van der Waals surface area (Å²) < 4.78 is 2.27. The predicted molar refractivity (Wildman–Crippen MR) is 73.9 cm³/mol. The molecule has 1 aliphatic carbocycles. The van der Waals surface area contributed by atoms with Crippen LogP contribution < -0.4 is 0 Å². The molecule has 0 saturated heterocycles. The van der Waals surface area contributed by atoms with E-state index in [9.17, 15) is 0 Å². The van der Waals surface area contributed by atoms with E-state index in [4.69, 9.17) is 0 Å². The van der Waals surface area contributed by atoms with Crippen LogP contribution in [0, 0.1) is 0 Å². The molecule has 1 aromatic heterocycles. The van der Waals surface area contributed by atoms with Crippen LogP contribution in [0.2, 0.25) is 0 Å². The van der Waals surface area contributed by atoms with Gasteiger partial charge in [0.2, 0.25) is 0 Å². The Kier molecular flexibility index (Phi) is 2.94. The normalized spacial score (nSPS) is 14.2. The van der Waals surface area contributed by atoms with Crippen molar-refractivity contribution in [2.45, 2.75) is 45.6 Å². The number of benzene rings is 1. The maximum absolute atomic E-state index is 4.45. The van der Waals surface area contributed by atoms with E-state index in [1.54, 1.807) is 11.1 Å². The number of nitrogens with zero attached hydrogens (tertiary/aromatic N) is 2. The lowest BCUT2D eigenvalue weighted by molar-refractivity contribution is 0.669. The summed E-state index contributed by atoms with van der Waals surface area (Å²) in [5, 5.41) is 0. The van der Waals surface area contributed by atoms with Gasteiger partial charge < -0.3 is 4.57 Å². The minimum Gasteiger partial charge on any atom is -0.330 e. The van der Waals surface area contributed by atoms with Gasteiger partial charge in [0.1, 0.15) is 5.82 Å². The van der Waals surface area contributed by atoms with Crippen molar-refractivity contribution in [3.8, 4) is 0 Å². The predicted octanol–water partition coefficient (Wildman–Crippen LogP) is 3.54. The summed E-state index contributed by atoms with van der Waals surface area (Å²) >= 11 is 0. The van der Waals surface area contributed by atoms with Gasteiger partial charge in [0.25, 0.3) is 0 Å². The number of hydrogen-bond donors (Lipinski definition) is 0. The van der Waals surface area contributed by atoms with Crippen molar-refractivity contribution >= 4 is 0 Å². The highest BCUT2D eigenvalue weighted by atomic mass is 15.1. The third-order valence-corrected chi connectivity index (χ3v) is 3.78. The first-order chi connectivity index (χ1) is 8.74. The Morgan fingerprint density at radius 2 is 2.06 bits per heavy atom. The molecule has 0 bridgehead atoms. The van der Waals surface area contributed by atoms with Crippen LogP contribution in [0.1, 0.15) is 48.7 Å². The number of rotatable bonds is 3. The average molecular weight is 240 g/mol. The molecule has 0 N–H and O–H groups in total. The van der Waals surface area contributed by atoms with Gasteiger partial charge in [0.15, 0.2) is 0 Å². The zero-order valence-electron chi connectivity index (χ0n) is 11.2. The van der Waals surface area contributed by atoms with Crippen LogP contribution in [0.4, 0.5) is 0 Å². The lowest BCUT2D eigenvalue weighted by atomic mass is 10.1. The highest BCUT2D eigenvalue weighted by Gasteiger charge is 2.12. The molecule has 0 aliphatic heterocycles. The standard InChI is InChI=1S/C16H20N2/c1-12(2)16-17-8-9-18(16)11-13-6-7-14-4-3-5-15(14)10-13/h6-10,12H,3-5,11H2,1-2H3. The van der Waals surface area contributed by atoms with Crippen LogP contribution in [-0.2, 0) is 19.4 Å². The van der Waals surface area contributed by atoms with E-state index in [1.165, 1.54) is 30.7 Å². The number of fused-ring (bicyclic) bond motifs is 1. The fourth-order valence-electron chi connectivity index (χ4n) is 2.88. The molecule has 0 spiro atoms. The van der Waals surface area contributed by atoms with Crippen LogP contribution in [-0.4, -0.2) is 9.55 Å². The molecule has 0 atom stereocenters. The molecule has 0 saturated carbocycles. The van der Waals surface area contributed by atoms with Gasteiger partial charge in [0.05, 0.1) is 0 Å². The number of hydrogen-bond acceptors (Lipinski definition) is 1. The van der Waals surface area contributed by atoms with Gasteiger partial charge in [-0.2, -0.15) is 0 Å². The summed E-state index contributed by atoms with van der Waals surface area (Å²) in [6.07, 6.45) is 7.83. The molecule has 18 heavy (non-hydrogen) atoms. The first-order valence-electron chi connectivity index (χ1n) is 6.86. The monoisotopic (exact) mass is 240 g/mol. The van der Waals surface area contributed by atoms with Crippen LogP contribution in [0.3, 0.4) is 0 Å². The van der Waals surface area contributed by atoms with Gasteiger partial charge in [-0.3, -0.25) is 0 Å². The summed E-state index contributed by atoms with van der Waals surface area (Å²) in [6.45, 7) is 5.34. The van der Waals surface area contributed by atoms with Crippen LogP contribution >= 0.6 is 0 Å². The molecule has 2 heteroatoms. The molecule has 1 heterocycles. The van der Waals surface area contributed by atoms with E-state index in [0.717, 1.165) is 6.54 Å². The van der Waals surface area contributed by atoms with Crippen molar-refractivity contribution < 1.29 is 0 Å². The third-order valence-electron chi connectivity index (χ3n) is 3.78. The largest absolute Gasteiger partial charge is 0.330 e. The van der Waals surface area contributed by atoms with Gasteiger partial charge in [0, 0.05) is 24.9 Å². The minimum absolute atomic E-state index is 0.481. The summed E-state index contributed by atoms with van der Waals surface area (Å²) in [4.78, 5) is 4.45. The Balaban J connectivity index is 1.86. The van der Waals surface area contributed by atoms with Crippen LogP contribution in [0.25, 0.3) is 0 Å². The molecule has 94 valence electrons. The van der Waals surface area contributed by atoms with E-state index in [1.807, 2.05) is 6.20 Å². The van der Waals surface area contributed by atoms with Crippen molar-refractivity contribution in [2.75, 3.05) is 0 Å². The van der Waals surface area contributed by atoms with E-state index in [0.29, 0.717) is 5.92 Å². The second-order valence-electron chi connectivity index (χ2n) is 5.52. The van der Waals surface area contributed by atoms with Crippen molar-refractivity contribution in [1.82, 2.24) is 9.55 Å². The second kappa shape index (κ2) is 4.60. The average Bonchev–Trinajstić information content (AvgIpc) is 2.96. The van der Waals surface area contributed by atoms with Gasteiger partial charge in [-0.15, -0.1) is 0 Å². The molecule has 1 aliphatic rings. The first kappa shape index (κ1) is 11.5. The van der Waals surface area contributed by atoms with Gasteiger partial charge in [-0.25, -0.2) is 4.98 Å².